The van der Waals surface area contributed by atoms with Gasteiger partial charge in [-0.3, -0.25) is 4.79 Å². The number of hydrogen-bond acceptors (Lipinski definition) is 6. The van der Waals surface area contributed by atoms with Gasteiger partial charge in [0.2, 0.25) is 0 Å². The number of ether oxygens (including phenoxy) is 2. The Kier molecular flexibility index (Phi) is 5.92. The summed E-state index contributed by atoms with van der Waals surface area (Å²) in [4.78, 5) is 13.0. The van der Waals surface area contributed by atoms with Crippen LogP contribution in [0.25, 0.3) is 0 Å². The average molecular weight is 396 g/mol. The van der Waals surface area contributed by atoms with Crippen molar-refractivity contribution < 1.29 is 22.7 Å². The van der Waals surface area contributed by atoms with Gasteiger partial charge in [0.05, 0.1) is 26.9 Å². The number of sulfonamides is 1. The molecule has 0 atom stereocenters. The summed E-state index contributed by atoms with van der Waals surface area (Å²) in [6.45, 7) is 1.83. The van der Waals surface area contributed by atoms with Crippen LogP contribution >= 0.6 is 11.3 Å². The van der Waals surface area contributed by atoms with Gasteiger partial charge in [-0.25, -0.2) is 8.42 Å². The summed E-state index contributed by atoms with van der Waals surface area (Å²) < 4.78 is 37.2. The van der Waals surface area contributed by atoms with E-state index in [1.165, 1.54) is 15.6 Å². The fourth-order valence-electron chi connectivity index (χ4n) is 2.52. The van der Waals surface area contributed by atoms with Crippen molar-refractivity contribution in [2.45, 2.75) is 10.8 Å². The molecule has 9 heteroatoms. The van der Waals surface area contributed by atoms with Crippen LogP contribution in [0.15, 0.2) is 40.6 Å². The molecule has 0 spiro atoms. The van der Waals surface area contributed by atoms with Crippen LogP contribution in [0.5, 0.6) is 5.75 Å². The first-order chi connectivity index (χ1) is 12.5. The van der Waals surface area contributed by atoms with Crippen molar-refractivity contribution in [3.05, 3.63) is 46.8 Å². The molecule has 1 aliphatic rings. The van der Waals surface area contributed by atoms with E-state index in [-0.39, 0.29) is 16.7 Å². The highest BCUT2D eigenvalue weighted by molar-refractivity contribution is 7.91. The quantitative estimate of drug-likeness (QED) is 0.804. The SMILES string of the molecule is COc1ccc(C(=O)NCc2ccc(S(=O)(=O)N3CCOCC3)s2)cc1. The summed E-state index contributed by atoms with van der Waals surface area (Å²) >= 11 is 1.17. The summed E-state index contributed by atoms with van der Waals surface area (Å²) in [6, 6.07) is 10.1. The zero-order valence-corrected chi connectivity index (χ0v) is 15.9. The molecule has 1 saturated heterocycles. The van der Waals surface area contributed by atoms with Crippen molar-refractivity contribution in [3.63, 3.8) is 0 Å². The molecule has 7 nitrogen and oxygen atoms in total. The van der Waals surface area contributed by atoms with Gasteiger partial charge in [-0.1, -0.05) is 0 Å². The first-order valence-corrected chi connectivity index (χ1v) is 10.4. The van der Waals surface area contributed by atoms with Crippen molar-refractivity contribution in [3.8, 4) is 5.75 Å². The molecule has 0 unspecified atom stereocenters. The third kappa shape index (κ3) is 4.24. The zero-order chi connectivity index (χ0) is 18.6. The summed E-state index contributed by atoms with van der Waals surface area (Å²) in [5.41, 5.74) is 0.517. The number of carbonyl (C=O) groups excluding carboxylic acids is 1. The number of nitrogens with one attached hydrogen (secondary N) is 1. The lowest BCUT2D eigenvalue weighted by Crippen LogP contribution is -2.40. The third-order valence-corrected chi connectivity index (χ3v) is 7.43. The van der Waals surface area contributed by atoms with Crippen LogP contribution in [-0.2, 0) is 21.3 Å². The number of thiophene rings is 1. The monoisotopic (exact) mass is 396 g/mol. The van der Waals surface area contributed by atoms with Gasteiger partial charge in [-0.2, -0.15) is 4.31 Å². The highest BCUT2D eigenvalue weighted by Crippen LogP contribution is 2.25. The number of morpholine rings is 1. The molecular weight excluding hydrogens is 376 g/mol. The first-order valence-electron chi connectivity index (χ1n) is 8.09. The Morgan fingerprint density at radius 2 is 1.88 bits per heavy atom. The van der Waals surface area contributed by atoms with Crippen LogP contribution in [0.4, 0.5) is 0 Å². The normalized spacial score (nSPS) is 15.6. The first kappa shape index (κ1) is 18.8. The predicted octanol–water partition coefficient (Wildman–Crippen LogP) is 1.71. The number of methoxy groups -OCH3 is 1. The minimum absolute atomic E-state index is 0.223. The van der Waals surface area contributed by atoms with Crippen LogP contribution < -0.4 is 10.1 Å². The molecule has 0 saturated carbocycles. The Bertz CT molecular complexity index is 856. The molecule has 1 fully saturated rings. The molecule has 2 heterocycles. The fourth-order valence-corrected chi connectivity index (χ4v) is 5.38. The van der Waals surface area contributed by atoms with Crippen molar-refractivity contribution >= 4 is 27.3 Å². The highest BCUT2D eigenvalue weighted by atomic mass is 32.2. The van der Waals surface area contributed by atoms with E-state index < -0.39 is 10.0 Å². The van der Waals surface area contributed by atoms with E-state index in [0.29, 0.717) is 37.6 Å². The lowest BCUT2D eigenvalue weighted by molar-refractivity contribution is 0.0731. The molecule has 26 heavy (non-hydrogen) atoms. The van der Waals surface area contributed by atoms with Crippen molar-refractivity contribution in [1.82, 2.24) is 9.62 Å². The molecule has 1 aromatic heterocycles. The molecule has 1 amide bonds. The van der Waals surface area contributed by atoms with Gasteiger partial charge >= 0.3 is 0 Å². The van der Waals surface area contributed by atoms with Gasteiger partial charge in [-0.05, 0) is 36.4 Å². The van der Waals surface area contributed by atoms with Crippen LogP contribution in [0, 0.1) is 0 Å². The van der Waals surface area contributed by atoms with Crippen molar-refractivity contribution in [1.29, 1.82) is 0 Å². The van der Waals surface area contributed by atoms with Crippen molar-refractivity contribution in [2.24, 2.45) is 0 Å². The molecule has 0 radical (unpaired) electrons. The lowest BCUT2D eigenvalue weighted by atomic mass is 10.2. The molecule has 0 aliphatic carbocycles. The Morgan fingerprint density at radius 1 is 1.19 bits per heavy atom. The van der Waals surface area contributed by atoms with E-state index in [2.05, 4.69) is 5.32 Å². The van der Waals surface area contributed by atoms with E-state index in [4.69, 9.17) is 9.47 Å². The summed E-state index contributed by atoms with van der Waals surface area (Å²) in [5.74, 6) is 0.455. The molecule has 140 valence electrons. The predicted molar refractivity (Wildman–Crippen MR) is 98.1 cm³/mol. The largest absolute Gasteiger partial charge is 0.497 e. The number of nitrogens with zero attached hydrogens (tertiary/aromatic N) is 1. The van der Waals surface area contributed by atoms with Crippen LogP contribution in [0.1, 0.15) is 15.2 Å². The molecule has 3 rings (SSSR count). The molecule has 1 aromatic carbocycles. The topological polar surface area (TPSA) is 84.9 Å². The third-order valence-electron chi connectivity index (χ3n) is 3.98. The standard InChI is InChI=1S/C17H20N2O5S2/c1-23-14-4-2-13(3-5-14)17(20)18-12-15-6-7-16(25-15)26(21,22)19-8-10-24-11-9-19/h2-7H,8-12H2,1H3,(H,18,20). The minimum atomic E-state index is -3.49. The van der Waals surface area contributed by atoms with E-state index >= 15 is 0 Å². The Morgan fingerprint density at radius 3 is 2.54 bits per heavy atom. The summed E-state index contributed by atoms with van der Waals surface area (Å²) in [5, 5.41) is 2.80. The highest BCUT2D eigenvalue weighted by Gasteiger charge is 2.27. The van der Waals surface area contributed by atoms with Gasteiger partial charge in [0, 0.05) is 23.5 Å². The van der Waals surface area contributed by atoms with Crippen LogP contribution in [-0.4, -0.2) is 52.0 Å². The Hall–Kier alpha value is -1.94. The Balaban J connectivity index is 1.62. The number of carbonyl (C=O) groups is 1. The molecule has 0 bridgehead atoms. The van der Waals surface area contributed by atoms with Gasteiger partial charge in [0.1, 0.15) is 9.96 Å². The van der Waals surface area contributed by atoms with E-state index in [9.17, 15) is 13.2 Å². The zero-order valence-electron chi connectivity index (χ0n) is 14.3. The lowest BCUT2D eigenvalue weighted by Gasteiger charge is -2.25. The van der Waals surface area contributed by atoms with Gasteiger partial charge in [-0.15, -0.1) is 11.3 Å². The van der Waals surface area contributed by atoms with Crippen LogP contribution in [0.3, 0.4) is 0 Å². The van der Waals surface area contributed by atoms with E-state index in [1.807, 2.05) is 0 Å². The second-order valence-corrected chi connectivity index (χ2v) is 8.98. The summed E-state index contributed by atoms with van der Waals surface area (Å²) in [6.07, 6.45) is 0. The maximum atomic E-state index is 12.6. The number of hydrogen-bond donors (Lipinski definition) is 1. The fraction of sp³-hybridized carbons (Fsp3) is 0.353. The smallest absolute Gasteiger partial charge is 0.252 e. The molecule has 1 N–H and O–H groups in total. The number of amides is 1. The maximum absolute atomic E-state index is 12.6. The van der Waals surface area contributed by atoms with E-state index in [0.717, 1.165) is 4.88 Å². The second kappa shape index (κ2) is 8.17. The Labute approximate surface area is 156 Å². The maximum Gasteiger partial charge on any atom is 0.252 e. The minimum Gasteiger partial charge on any atom is -0.497 e. The average Bonchev–Trinajstić information content (AvgIpc) is 3.17. The van der Waals surface area contributed by atoms with Gasteiger partial charge in [0.25, 0.3) is 15.9 Å². The molecule has 1 aliphatic heterocycles. The molecular formula is C17H20N2O5S2. The number of rotatable bonds is 6. The van der Waals surface area contributed by atoms with Gasteiger partial charge < -0.3 is 14.8 Å². The number of benzene rings is 1. The van der Waals surface area contributed by atoms with Crippen LogP contribution in [0.2, 0.25) is 0 Å². The van der Waals surface area contributed by atoms with Gasteiger partial charge in [0.15, 0.2) is 0 Å². The summed E-state index contributed by atoms with van der Waals surface area (Å²) in [7, 11) is -1.93. The molecule has 2 aromatic rings. The van der Waals surface area contributed by atoms with Crippen molar-refractivity contribution in [2.75, 3.05) is 33.4 Å². The second-order valence-electron chi connectivity index (χ2n) is 5.65. The van der Waals surface area contributed by atoms with E-state index in [1.54, 1.807) is 43.5 Å².